The quantitative estimate of drug-likeness (QED) is 0.451. The van der Waals surface area contributed by atoms with E-state index >= 15 is 0 Å². The molecule has 0 spiro atoms. The highest BCUT2D eigenvalue weighted by molar-refractivity contribution is 5.81. The van der Waals surface area contributed by atoms with Gasteiger partial charge >= 0.3 is 0 Å². The first-order chi connectivity index (χ1) is 11.0. The molecule has 0 saturated heterocycles. The Balaban J connectivity index is 2.14. The van der Waals surface area contributed by atoms with Crippen LogP contribution in [0.1, 0.15) is 72.1 Å². The van der Waals surface area contributed by atoms with Gasteiger partial charge in [-0.25, -0.2) is 0 Å². The maximum Gasteiger partial charge on any atom is 0.221 e. The van der Waals surface area contributed by atoms with Gasteiger partial charge < -0.3 is 16.0 Å². The summed E-state index contributed by atoms with van der Waals surface area (Å²) in [5.41, 5.74) is 0. The summed E-state index contributed by atoms with van der Waals surface area (Å²) in [7, 11) is 1.77. The van der Waals surface area contributed by atoms with Crippen LogP contribution in [0.25, 0.3) is 0 Å². The Kier molecular flexibility index (Phi) is 9.72. The summed E-state index contributed by atoms with van der Waals surface area (Å²) < 4.78 is 0. The number of rotatable bonds is 9. The van der Waals surface area contributed by atoms with Gasteiger partial charge in [-0.3, -0.25) is 9.79 Å². The zero-order valence-corrected chi connectivity index (χ0v) is 15.5. The van der Waals surface area contributed by atoms with Crippen molar-refractivity contribution in [2.24, 2.45) is 10.9 Å². The molecule has 0 aromatic heterocycles. The Hall–Kier alpha value is -1.26. The Morgan fingerprint density at radius 2 is 1.87 bits per heavy atom. The van der Waals surface area contributed by atoms with Gasteiger partial charge in [-0.1, -0.05) is 39.5 Å². The summed E-state index contributed by atoms with van der Waals surface area (Å²) in [5, 5.41) is 9.74. The van der Waals surface area contributed by atoms with Crippen LogP contribution < -0.4 is 16.0 Å². The molecule has 1 saturated carbocycles. The maximum absolute atomic E-state index is 11.9. The van der Waals surface area contributed by atoms with E-state index in [-0.39, 0.29) is 5.91 Å². The lowest BCUT2D eigenvalue weighted by Crippen LogP contribution is -2.43. The lowest BCUT2D eigenvalue weighted by atomic mass is 10.0. The van der Waals surface area contributed by atoms with Crippen molar-refractivity contribution in [2.45, 2.75) is 84.2 Å². The minimum Gasteiger partial charge on any atom is -0.356 e. The maximum atomic E-state index is 11.9. The third-order valence-corrected chi connectivity index (χ3v) is 4.39. The number of aliphatic imine (C=N–C) groups is 1. The molecule has 0 bridgehead atoms. The van der Waals surface area contributed by atoms with Crippen LogP contribution in [0.5, 0.6) is 0 Å². The summed E-state index contributed by atoms with van der Waals surface area (Å²) in [5.74, 6) is 1.69. The van der Waals surface area contributed by atoms with Gasteiger partial charge in [0.15, 0.2) is 5.96 Å². The first-order valence-corrected chi connectivity index (χ1v) is 9.27. The van der Waals surface area contributed by atoms with E-state index < -0.39 is 0 Å². The smallest absolute Gasteiger partial charge is 0.221 e. The van der Waals surface area contributed by atoms with Crippen molar-refractivity contribution in [1.29, 1.82) is 0 Å². The van der Waals surface area contributed by atoms with Crippen molar-refractivity contribution in [2.75, 3.05) is 13.6 Å². The molecule has 1 amide bonds. The number of hydrogen-bond donors (Lipinski definition) is 3. The molecule has 0 heterocycles. The van der Waals surface area contributed by atoms with Crippen molar-refractivity contribution in [3.63, 3.8) is 0 Å². The van der Waals surface area contributed by atoms with Gasteiger partial charge in [0.05, 0.1) is 0 Å². The lowest BCUT2D eigenvalue weighted by Gasteiger charge is -2.18. The predicted octanol–water partition coefficient (Wildman–Crippen LogP) is 2.82. The fraction of sp³-hybridized carbons (Fsp3) is 0.889. The second kappa shape index (κ2) is 11.3. The van der Waals surface area contributed by atoms with Gasteiger partial charge in [0, 0.05) is 32.1 Å². The van der Waals surface area contributed by atoms with E-state index in [1.54, 1.807) is 7.05 Å². The van der Waals surface area contributed by atoms with Gasteiger partial charge in [0.1, 0.15) is 0 Å². The molecule has 23 heavy (non-hydrogen) atoms. The van der Waals surface area contributed by atoms with Crippen molar-refractivity contribution in [1.82, 2.24) is 16.0 Å². The number of nitrogens with one attached hydrogen (secondary N) is 3. The number of carbonyl (C=O) groups excluding carboxylic acids is 1. The average molecular weight is 325 g/mol. The molecule has 1 aliphatic carbocycles. The van der Waals surface area contributed by atoms with Crippen LogP contribution in [0, 0.1) is 5.92 Å². The molecule has 0 radical (unpaired) electrons. The summed E-state index contributed by atoms with van der Waals surface area (Å²) >= 11 is 0. The fourth-order valence-corrected chi connectivity index (χ4v) is 3.00. The molecule has 1 rings (SSSR count). The van der Waals surface area contributed by atoms with Crippen LogP contribution in [-0.4, -0.2) is 37.5 Å². The van der Waals surface area contributed by atoms with Crippen LogP contribution >= 0.6 is 0 Å². The van der Waals surface area contributed by atoms with Gasteiger partial charge in [-0.15, -0.1) is 0 Å². The molecule has 0 aromatic rings. The first-order valence-electron chi connectivity index (χ1n) is 9.27. The Bertz CT molecular complexity index is 362. The van der Waals surface area contributed by atoms with Crippen molar-refractivity contribution in [3.05, 3.63) is 0 Å². The van der Waals surface area contributed by atoms with E-state index in [4.69, 9.17) is 0 Å². The Morgan fingerprint density at radius 1 is 1.17 bits per heavy atom. The van der Waals surface area contributed by atoms with Gasteiger partial charge in [0.25, 0.3) is 0 Å². The summed E-state index contributed by atoms with van der Waals surface area (Å²) in [4.78, 5) is 16.1. The third-order valence-electron chi connectivity index (χ3n) is 4.39. The highest BCUT2D eigenvalue weighted by Gasteiger charge is 2.16. The average Bonchev–Trinajstić information content (AvgIpc) is 2.98. The predicted molar refractivity (Wildman–Crippen MR) is 97.7 cm³/mol. The van der Waals surface area contributed by atoms with Gasteiger partial charge in [-0.05, 0) is 32.1 Å². The number of amides is 1. The topological polar surface area (TPSA) is 65.5 Å². The van der Waals surface area contributed by atoms with Gasteiger partial charge in [-0.2, -0.15) is 0 Å². The van der Waals surface area contributed by atoms with Crippen LogP contribution in [0.2, 0.25) is 0 Å². The summed E-state index contributed by atoms with van der Waals surface area (Å²) in [6.45, 7) is 7.32. The van der Waals surface area contributed by atoms with Gasteiger partial charge in [0.2, 0.25) is 5.91 Å². The van der Waals surface area contributed by atoms with Crippen LogP contribution in [0.3, 0.4) is 0 Å². The molecular formula is C18H36N4O. The lowest BCUT2D eigenvalue weighted by molar-refractivity contribution is -0.121. The van der Waals surface area contributed by atoms with Crippen LogP contribution in [0.4, 0.5) is 0 Å². The first kappa shape index (κ1) is 19.8. The van der Waals surface area contributed by atoms with E-state index in [1.807, 2.05) is 0 Å². The number of nitrogens with zero attached hydrogens (tertiary/aromatic N) is 1. The standard InChI is InChI=1S/C18H36N4O/c1-14(2)8-7-9-15(3)21-18(19-4)20-13-12-17(23)22-16-10-5-6-11-16/h14-16H,5-13H2,1-4H3,(H,22,23)(H2,19,20,21). The number of hydrogen-bond acceptors (Lipinski definition) is 2. The molecule has 0 aromatic carbocycles. The third kappa shape index (κ3) is 9.47. The second-order valence-corrected chi connectivity index (χ2v) is 7.17. The van der Waals surface area contributed by atoms with E-state index in [0.717, 1.165) is 31.1 Å². The SMILES string of the molecule is CN=C(NCCC(=O)NC1CCCC1)NC(C)CCCC(C)C. The number of guanidine groups is 1. The highest BCUT2D eigenvalue weighted by atomic mass is 16.1. The monoisotopic (exact) mass is 324 g/mol. The van der Waals surface area contributed by atoms with Crippen LogP contribution in [0.15, 0.2) is 4.99 Å². The molecule has 1 unspecified atom stereocenters. The molecular weight excluding hydrogens is 288 g/mol. The minimum atomic E-state index is 0.143. The Labute approximate surface area is 142 Å². The number of carbonyl (C=O) groups is 1. The molecule has 134 valence electrons. The van der Waals surface area contributed by atoms with Crippen molar-refractivity contribution >= 4 is 11.9 Å². The largest absolute Gasteiger partial charge is 0.356 e. The molecule has 1 atom stereocenters. The second-order valence-electron chi connectivity index (χ2n) is 7.17. The zero-order chi connectivity index (χ0) is 17.1. The summed E-state index contributed by atoms with van der Waals surface area (Å²) in [6, 6.07) is 0.799. The van der Waals surface area contributed by atoms with Crippen molar-refractivity contribution in [3.8, 4) is 0 Å². The minimum absolute atomic E-state index is 0.143. The molecule has 1 aliphatic rings. The van der Waals surface area contributed by atoms with Crippen molar-refractivity contribution < 1.29 is 4.79 Å². The molecule has 5 nitrogen and oxygen atoms in total. The van der Waals surface area contributed by atoms with E-state index in [2.05, 4.69) is 41.7 Å². The highest BCUT2D eigenvalue weighted by Crippen LogP contribution is 2.17. The fourth-order valence-electron chi connectivity index (χ4n) is 3.00. The van der Waals surface area contributed by atoms with E-state index in [9.17, 15) is 4.79 Å². The van der Waals surface area contributed by atoms with Crippen LogP contribution in [-0.2, 0) is 4.79 Å². The summed E-state index contributed by atoms with van der Waals surface area (Å²) in [6.07, 6.45) is 8.89. The molecule has 0 aliphatic heterocycles. The molecule has 3 N–H and O–H groups in total. The zero-order valence-electron chi connectivity index (χ0n) is 15.5. The Morgan fingerprint density at radius 3 is 2.48 bits per heavy atom. The normalized spacial score (nSPS) is 17.3. The molecule has 1 fully saturated rings. The molecule has 5 heteroatoms. The van der Waals surface area contributed by atoms with E-state index in [0.29, 0.717) is 25.0 Å². The van der Waals surface area contributed by atoms with E-state index in [1.165, 1.54) is 25.7 Å².